The first kappa shape index (κ1) is 26.6. The average molecular weight is 481 g/mol. The third-order valence-electron chi connectivity index (χ3n) is 7.75. The van der Waals surface area contributed by atoms with Gasteiger partial charge in [-0.05, 0) is 41.5 Å². The Hall–Kier alpha value is -2.96. The summed E-state index contributed by atoms with van der Waals surface area (Å²) in [6, 6.07) is 5.28. The lowest BCUT2D eigenvalue weighted by atomic mass is 9.71. The van der Waals surface area contributed by atoms with Crippen molar-refractivity contribution < 1.29 is 14.4 Å². The van der Waals surface area contributed by atoms with Crippen LogP contribution in [0.1, 0.15) is 93.8 Å². The quantitative estimate of drug-likeness (QED) is 0.440. The van der Waals surface area contributed by atoms with Crippen LogP contribution in [0.2, 0.25) is 0 Å². The van der Waals surface area contributed by atoms with Gasteiger partial charge in [0.25, 0.3) is 5.91 Å². The predicted octanol–water partition coefficient (Wildman–Crippen LogP) is 4.85. The van der Waals surface area contributed by atoms with Crippen molar-refractivity contribution in [1.29, 1.82) is 0 Å². The zero-order valence-electron chi connectivity index (χ0n) is 22.1. The van der Waals surface area contributed by atoms with Crippen molar-refractivity contribution in [2.24, 2.45) is 12.5 Å². The van der Waals surface area contributed by atoms with Gasteiger partial charge in [-0.2, -0.15) is 5.10 Å². The number of benzene rings is 1. The summed E-state index contributed by atoms with van der Waals surface area (Å²) in [6.45, 7) is 9.50. The first-order chi connectivity index (χ1) is 16.7. The highest BCUT2D eigenvalue weighted by Crippen LogP contribution is 2.45. The predicted molar refractivity (Wildman–Crippen MR) is 138 cm³/mol. The summed E-state index contributed by atoms with van der Waals surface area (Å²) in [4.78, 5) is 38.2. The Morgan fingerprint density at radius 1 is 1.23 bits per heavy atom. The van der Waals surface area contributed by atoms with Gasteiger partial charge in [-0.1, -0.05) is 53.0 Å². The van der Waals surface area contributed by atoms with E-state index >= 15 is 0 Å². The van der Waals surface area contributed by atoms with Crippen LogP contribution in [0.25, 0.3) is 11.1 Å². The number of hydrogen-bond donors (Lipinski definition) is 1. The lowest BCUT2D eigenvalue weighted by Crippen LogP contribution is -2.46. The molecule has 0 spiro atoms. The van der Waals surface area contributed by atoms with Crippen molar-refractivity contribution in [3.8, 4) is 11.1 Å². The van der Waals surface area contributed by atoms with E-state index in [0.29, 0.717) is 24.4 Å². The van der Waals surface area contributed by atoms with Gasteiger partial charge < -0.3 is 15.0 Å². The second-order valence-corrected chi connectivity index (χ2v) is 10.3. The molecule has 2 aromatic rings. The maximum absolute atomic E-state index is 13.2. The van der Waals surface area contributed by atoms with Gasteiger partial charge in [-0.25, -0.2) is 0 Å². The molecule has 7 heteroatoms. The number of fused-ring (bicyclic) bond motifs is 1. The molecule has 1 aliphatic rings. The fraction of sp³-hybridized carbons (Fsp3) is 0.571. The van der Waals surface area contributed by atoms with E-state index in [1.54, 1.807) is 11.9 Å². The molecule has 2 unspecified atom stereocenters. The van der Waals surface area contributed by atoms with E-state index in [-0.39, 0.29) is 23.7 Å². The van der Waals surface area contributed by atoms with E-state index in [4.69, 9.17) is 0 Å². The molecule has 2 amide bonds. The number of likely N-dealkylation sites (N-methyl/N-ethyl adjacent to an activating group) is 1. The highest BCUT2D eigenvalue weighted by molar-refractivity contribution is 6.01. The minimum atomic E-state index is -0.661. The Morgan fingerprint density at radius 2 is 1.97 bits per heavy atom. The van der Waals surface area contributed by atoms with E-state index in [0.717, 1.165) is 48.7 Å². The number of aryl methyl sites for hydroxylation is 1. The molecule has 190 valence electrons. The summed E-state index contributed by atoms with van der Waals surface area (Å²) < 4.78 is 2.01. The number of unbranched alkanes of at least 4 members (excludes halogenated alkanes) is 1. The van der Waals surface area contributed by atoms with Crippen molar-refractivity contribution in [1.82, 2.24) is 20.0 Å². The number of rotatable bonds is 12. The SMILES string of the molecule is CCCCC(c1c(-c2ccc3c(c2)CN(C(CCC=O)C(=O)NC)C3=O)cnn1C)C(C)(C)CC. The summed E-state index contributed by atoms with van der Waals surface area (Å²) in [5, 5.41) is 7.28. The number of carbonyl (C=O) groups is 3. The second-order valence-electron chi connectivity index (χ2n) is 10.3. The molecule has 3 rings (SSSR count). The van der Waals surface area contributed by atoms with Gasteiger partial charge >= 0.3 is 0 Å². The highest BCUT2D eigenvalue weighted by Gasteiger charge is 2.37. The smallest absolute Gasteiger partial charge is 0.255 e. The molecule has 2 heterocycles. The Bertz CT molecular complexity index is 1070. The summed E-state index contributed by atoms with van der Waals surface area (Å²) >= 11 is 0. The fourth-order valence-corrected chi connectivity index (χ4v) is 5.22. The Labute approximate surface area is 209 Å². The fourth-order valence-electron chi connectivity index (χ4n) is 5.22. The normalized spacial score (nSPS) is 15.1. The highest BCUT2D eigenvalue weighted by atomic mass is 16.2. The molecular weight excluding hydrogens is 440 g/mol. The maximum atomic E-state index is 13.2. The number of nitrogens with one attached hydrogen (secondary N) is 1. The Balaban J connectivity index is 1.99. The molecule has 7 nitrogen and oxygen atoms in total. The minimum Gasteiger partial charge on any atom is -0.357 e. The first-order valence-corrected chi connectivity index (χ1v) is 12.8. The van der Waals surface area contributed by atoms with Crippen LogP contribution in [0, 0.1) is 5.41 Å². The molecule has 0 saturated carbocycles. The number of aldehydes is 1. The van der Waals surface area contributed by atoms with Crippen LogP contribution in [0.5, 0.6) is 0 Å². The van der Waals surface area contributed by atoms with Gasteiger partial charge in [-0.15, -0.1) is 0 Å². The molecule has 1 aliphatic heterocycles. The lowest BCUT2D eigenvalue weighted by Gasteiger charge is -2.34. The molecule has 0 saturated heterocycles. The topological polar surface area (TPSA) is 84.3 Å². The lowest BCUT2D eigenvalue weighted by molar-refractivity contribution is -0.125. The molecule has 0 bridgehead atoms. The zero-order chi connectivity index (χ0) is 25.8. The van der Waals surface area contributed by atoms with Crippen LogP contribution < -0.4 is 5.32 Å². The van der Waals surface area contributed by atoms with Crippen LogP contribution in [0.3, 0.4) is 0 Å². The third-order valence-corrected chi connectivity index (χ3v) is 7.75. The van der Waals surface area contributed by atoms with Gasteiger partial charge in [0.2, 0.25) is 5.91 Å². The van der Waals surface area contributed by atoms with Crippen LogP contribution in [0.4, 0.5) is 0 Å². The first-order valence-electron chi connectivity index (χ1n) is 12.8. The van der Waals surface area contributed by atoms with Crippen LogP contribution in [-0.4, -0.2) is 45.9 Å². The Morgan fingerprint density at radius 3 is 2.60 bits per heavy atom. The van der Waals surface area contributed by atoms with Crippen molar-refractivity contribution in [2.75, 3.05) is 7.05 Å². The van der Waals surface area contributed by atoms with Crippen molar-refractivity contribution in [3.63, 3.8) is 0 Å². The number of amides is 2. The van der Waals surface area contributed by atoms with Gasteiger partial charge in [0.15, 0.2) is 0 Å². The summed E-state index contributed by atoms with van der Waals surface area (Å²) in [7, 11) is 3.57. The maximum Gasteiger partial charge on any atom is 0.255 e. The molecule has 2 atom stereocenters. The van der Waals surface area contributed by atoms with E-state index in [1.165, 1.54) is 5.69 Å². The third kappa shape index (κ3) is 5.34. The van der Waals surface area contributed by atoms with Crippen molar-refractivity contribution in [2.45, 2.75) is 84.7 Å². The molecule has 0 fully saturated rings. The van der Waals surface area contributed by atoms with E-state index in [9.17, 15) is 14.4 Å². The summed E-state index contributed by atoms with van der Waals surface area (Å²) in [5.41, 5.74) is 5.03. The van der Waals surface area contributed by atoms with Crippen molar-refractivity contribution in [3.05, 3.63) is 41.2 Å². The number of nitrogens with zero attached hydrogens (tertiary/aromatic N) is 3. The number of hydrogen-bond acceptors (Lipinski definition) is 4. The van der Waals surface area contributed by atoms with Crippen LogP contribution in [-0.2, 0) is 23.2 Å². The van der Waals surface area contributed by atoms with E-state index < -0.39 is 6.04 Å². The van der Waals surface area contributed by atoms with E-state index in [1.807, 2.05) is 30.1 Å². The molecule has 1 aromatic carbocycles. The molecular formula is C28H40N4O3. The molecule has 0 aliphatic carbocycles. The molecule has 1 aromatic heterocycles. The minimum absolute atomic E-state index is 0.126. The van der Waals surface area contributed by atoms with Crippen molar-refractivity contribution >= 4 is 18.1 Å². The van der Waals surface area contributed by atoms with E-state index in [2.05, 4.69) is 44.2 Å². The van der Waals surface area contributed by atoms with Crippen LogP contribution in [0.15, 0.2) is 24.4 Å². The zero-order valence-corrected chi connectivity index (χ0v) is 22.1. The van der Waals surface area contributed by atoms with Gasteiger partial charge in [0.1, 0.15) is 12.3 Å². The van der Waals surface area contributed by atoms with Crippen LogP contribution >= 0.6 is 0 Å². The van der Waals surface area contributed by atoms with Gasteiger partial charge in [0, 0.05) is 49.8 Å². The van der Waals surface area contributed by atoms with Gasteiger partial charge in [-0.3, -0.25) is 14.3 Å². The molecule has 0 radical (unpaired) electrons. The summed E-state index contributed by atoms with van der Waals surface area (Å²) in [6.07, 6.45) is 7.76. The largest absolute Gasteiger partial charge is 0.357 e. The Kier molecular flexibility index (Phi) is 8.51. The standard InChI is InChI=1S/C28H40N4O3/c1-7-9-11-23(28(3,4)8-2)25-22(17-30-31(25)6)19-13-14-21-20(16-19)18-32(27(21)35)24(12-10-15-33)26(34)29-5/h13-17,23-24H,7-12,18H2,1-6H3,(H,29,34). The molecule has 1 N–H and O–H groups in total. The average Bonchev–Trinajstić information content (AvgIpc) is 3.38. The number of carbonyl (C=O) groups excluding carboxylic acids is 3. The monoisotopic (exact) mass is 480 g/mol. The second kappa shape index (κ2) is 11.2. The summed E-state index contributed by atoms with van der Waals surface area (Å²) in [5.74, 6) is -0.0453. The van der Waals surface area contributed by atoms with Gasteiger partial charge in [0.05, 0.1) is 6.20 Å². The number of aromatic nitrogens is 2. The molecule has 35 heavy (non-hydrogen) atoms.